The van der Waals surface area contributed by atoms with E-state index in [4.69, 9.17) is 9.47 Å². The average Bonchev–Trinajstić information content (AvgIpc) is 3.62. The minimum Gasteiger partial charge on any atom is -0.380 e. The summed E-state index contributed by atoms with van der Waals surface area (Å²) < 4.78 is 51.1. The number of hydrogen-bond donors (Lipinski definition) is 3. The molecule has 2 aliphatic heterocycles. The topological polar surface area (TPSA) is 104 Å². The number of H-pyrrole nitrogens is 1. The van der Waals surface area contributed by atoms with E-state index in [1.807, 2.05) is 19.1 Å². The smallest absolute Gasteiger partial charge is 0.380 e. The largest absolute Gasteiger partial charge is 0.416 e. The molecule has 3 N–H and O–H groups in total. The Hall–Kier alpha value is -3.22. The molecular weight excluding hydrogens is 489 g/mol. The van der Waals surface area contributed by atoms with Crippen molar-refractivity contribution in [2.45, 2.75) is 44.3 Å². The SMILES string of the molecule is Cc1ccc(CO[C@H]2CN(C3CCOC3)CC2NC(=O)CNc2n[nH]c3ccc(C(F)(F)F)cc23)cn1. The van der Waals surface area contributed by atoms with Gasteiger partial charge in [-0.15, -0.1) is 0 Å². The number of aromatic amines is 1. The molecule has 1 aromatic carbocycles. The minimum atomic E-state index is -4.47. The molecule has 4 heterocycles. The van der Waals surface area contributed by atoms with Crippen molar-refractivity contribution in [2.24, 2.45) is 0 Å². The number of alkyl halides is 3. The number of benzene rings is 1. The highest BCUT2D eigenvalue weighted by Gasteiger charge is 2.39. The predicted molar refractivity (Wildman–Crippen MR) is 130 cm³/mol. The van der Waals surface area contributed by atoms with Crippen LogP contribution in [0.2, 0.25) is 0 Å². The third-order valence-electron chi connectivity index (χ3n) is 6.81. The summed E-state index contributed by atoms with van der Waals surface area (Å²) in [4.78, 5) is 19.4. The Labute approximate surface area is 211 Å². The second kappa shape index (κ2) is 10.6. The third-order valence-corrected chi connectivity index (χ3v) is 6.81. The lowest BCUT2D eigenvalue weighted by Crippen LogP contribution is -2.46. The average molecular weight is 519 g/mol. The van der Waals surface area contributed by atoms with E-state index in [2.05, 4.69) is 30.7 Å². The van der Waals surface area contributed by atoms with E-state index in [0.29, 0.717) is 31.8 Å². The van der Waals surface area contributed by atoms with Crippen molar-refractivity contribution in [3.63, 3.8) is 0 Å². The van der Waals surface area contributed by atoms with Gasteiger partial charge in [0, 0.05) is 43.0 Å². The molecule has 1 amide bonds. The van der Waals surface area contributed by atoms with Crippen LogP contribution in [0.15, 0.2) is 36.5 Å². The van der Waals surface area contributed by atoms with E-state index < -0.39 is 11.7 Å². The number of pyridine rings is 1. The first kappa shape index (κ1) is 25.4. The lowest BCUT2D eigenvalue weighted by molar-refractivity contribution is -0.137. The number of rotatable bonds is 8. The Morgan fingerprint density at radius 2 is 2.14 bits per heavy atom. The van der Waals surface area contributed by atoms with Crippen LogP contribution in [-0.4, -0.2) is 77.0 Å². The standard InChI is InChI=1S/C25H29F3N6O3/c1-15-2-3-16(9-29-15)13-37-22-12-34(18-6-7-36-14-18)11-21(22)31-23(35)10-30-24-19-8-17(25(26,27)28)4-5-20(19)32-33-24/h2-5,8-9,18,21-22H,6-7,10-14H2,1H3,(H,31,35)(H2,30,32,33)/t18?,21?,22-/m0/s1. The summed E-state index contributed by atoms with van der Waals surface area (Å²) in [5.74, 6) is -0.115. The van der Waals surface area contributed by atoms with Crippen LogP contribution < -0.4 is 10.6 Å². The first-order valence-electron chi connectivity index (χ1n) is 12.2. The van der Waals surface area contributed by atoms with Gasteiger partial charge in [0.1, 0.15) is 0 Å². The Morgan fingerprint density at radius 3 is 2.86 bits per heavy atom. The molecule has 2 unspecified atom stereocenters. The van der Waals surface area contributed by atoms with E-state index in [9.17, 15) is 18.0 Å². The molecule has 3 atom stereocenters. The zero-order valence-electron chi connectivity index (χ0n) is 20.3. The van der Waals surface area contributed by atoms with E-state index in [0.717, 1.165) is 36.4 Å². The number of aromatic nitrogens is 3. The lowest BCUT2D eigenvalue weighted by Gasteiger charge is -2.21. The molecule has 198 valence electrons. The van der Waals surface area contributed by atoms with Gasteiger partial charge in [-0.05, 0) is 43.2 Å². The van der Waals surface area contributed by atoms with Crippen molar-refractivity contribution in [3.8, 4) is 0 Å². The number of ether oxygens (including phenoxy) is 2. The normalized spacial score (nSPS) is 22.5. The first-order valence-corrected chi connectivity index (χ1v) is 12.2. The number of hydrogen-bond acceptors (Lipinski definition) is 7. The van der Waals surface area contributed by atoms with Crippen molar-refractivity contribution in [2.75, 3.05) is 38.2 Å². The van der Waals surface area contributed by atoms with Gasteiger partial charge in [-0.3, -0.25) is 19.8 Å². The fraction of sp³-hybridized carbons (Fsp3) is 0.480. The van der Waals surface area contributed by atoms with Crippen molar-refractivity contribution < 1.29 is 27.4 Å². The number of anilines is 1. The monoisotopic (exact) mass is 518 g/mol. The van der Waals surface area contributed by atoms with Crippen LogP contribution in [0.4, 0.5) is 19.0 Å². The molecule has 2 fully saturated rings. The molecule has 0 saturated carbocycles. The molecular formula is C25H29F3N6O3. The molecule has 0 radical (unpaired) electrons. The molecule has 0 bridgehead atoms. The highest BCUT2D eigenvalue weighted by molar-refractivity contribution is 5.92. The van der Waals surface area contributed by atoms with Crippen LogP contribution in [0.25, 0.3) is 10.9 Å². The molecule has 37 heavy (non-hydrogen) atoms. The summed E-state index contributed by atoms with van der Waals surface area (Å²) in [6.45, 7) is 4.81. The van der Waals surface area contributed by atoms with Gasteiger partial charge in [-0.2, -0.15) is 18.3 Å². The van der Waals surface area contributed by atoms with Gasteiger partial charge in [0.25, 0.3) is 0 Å². The van der Waals surface area contributed by atoms with Crippen LogP contribution >= 0.6 is 0 Å². The van der Waals surface area contributed by atoms with Gasteiger partial charge in [0.2, 0.25) is 5.91 Å². The zero-order valence-corrected chi connectivity index (χ0v) is 20.3. The number of fused-ring (bicyclic) bond motifs is 1. The Kier molecular flexibility index (Phi) is 7.31. The molecule has 2 aromatic heterocycles. The maximum Gasteiger partial charge on any atom is 0.416 e. The van der Waals surface area contributed by atoms with Crippen LogP contribution in [0.5, 0.6) is 0 Å². The summed E-state index contributed by atoms with van der Waals surface area (Å²) in [6.07, 6.45) is -1.99. The quantitative estimate of drug-likeness (QED) is 0.421. The minimum absolute atomic E-state index is 0.145. The summed E-state index contributed by atoms with van der Waals surface area (Å²) in [5, 5.41) is 12.9. The van der Waals surface area contributed by atoms with Crippen molar-refractivity contribution in [3.05, 3.63) is 53.3 Å². The van der Waals surface area contributed by atoms with E-state index in [-0.39, 0.29) is 41.8 Å². The van der Waals surface area contributed by atoms with Crippen LogP contribution in [-0.2, 0) is 27.1 Å². The number of nitrogens with one attached hydrogen (secondary N) is 3. The summed E-state index contributed by atoms with van der Waals surface area (Å²) in [7, 11) is 0. The van der Waals surface area contributed by atoms with Crippen LogP contribution in [0, 0.1) is 6.92 Å². The molecule has 5 rings (SSSR count). The van der Waals surface area contributed by atoms with E-state index in [1.54, 1.807) is 6.20 Å². The van der Waals surface area contributed by atoms with Crippen molar-refractivity contribution in [1.82, 2.24) is 25.4 Å². The highest BCUT2D eigenvalue weighted by atomic mass is 19.4. The number of carbonyl (C=O) groups is 1. The van der Waals surface area contributed by atoms with Gasteiger partial charge >= 0.3 is 6.18 Å². The molecule has 9 nitrogen and oxygen atoms in total. The Balaban J connectivity index is 1.22. The summed E-state index contributed by atoms with van der Waals surface area (Å²) in [6, 6.07) is 7.26. The molecule has 2 aliphatic rings. The molecule has 3 aromatic rings. The van der Waals surface area contributed by atoms with Crippen LogP contribution in [0.3, 0.4) is 0 Å². The predicted octanol–water partition coefficient (Wildman–Crippen LogP) is 2.87. The molecule has 2 saturated heterocycles. The number of amides is 1. The Bertz CT molecular complexity index is 1230. The maximum atomic E-state index is 13.1. The lowest BCUT2D eigenvalue weighted by atomic mass is 10.1. The highest BCUT2D eigenvalue weighted by Crippen LogP contribution is 2.32. The van der Waals surface area contributed by atoms with Gasteiger partial charge in [0.15, 0.2) is 5.82 Å². The molecule has 0 spiro atoms. The van der Waals surface area contributed by atoms with Crippen molar-refractivity contribution >= 4 is 22.6 Å². The first-order chi connectivity index (χ1) is 17.8. The number of aryl methyl sites for hydroxylation is 1. The fourth-order valence-corrected chi connectivity index (χ4v) is 4.75. The van der Waals surface area contributed by atoms with Gasteiger partial charge in [-0.25, -0.2) is 0 Å². The number of likely N-dealkylation sites (tertiary alicyclic amines) is 1. The van der Waals surface area contributed by atoms with E-state index >= 15 is 0 Å². The summed E-state index contributed by atoms with van der Waals surface area (Å²) in [5.41, 5.74) is 1.54. The third kappa shape index (κ3) is 6.03. The number of carbonyl (C=O) groups excluding carboxylic acids is 1. The fourth-order valence-electron chi connectivity index (χ4n) is 4.75. The number of halogens is 3. The summed E-state index contributed by atoms with van der Waals surface area (Å²) >= 11 is 0. The second-order valence-corrected chi connectivity index (χ2v) is 9.49. The van der Waals surface area contributed by atoms with Gasteiger partial charge < -0.3 is 20.1 Å². The van der Waals surface area contributed by atoms with Gasteiger partial charge in [0.05, 0.1) is 43.0 Å². The molecule has 12 heteroatoms. The second-order valence-electron chi connectivity index (χ2n) is 9.49. The van der Waals surface area contributed by atoms with E-state index in [1.165, 1.54) is 6.07 Å². The Morgan fingerprint density at radius 1 is 1.27 bits per heavy atom. The van der Waals surface area contributed by atoms with Gasteiger partial charge in [-0.1, -0.05) is 6.07 Å². The van der Waals surface area contributed by atoms with Crippen molar-refractivity contribution in [1.29, 1.82) is 0 Å². The maximum absolute atomic E-state index is 13.1. The van der Waals surface area contributed by atoms with Crippen LogP contribution in [0.1, 0.15) is 23.2 Å². The number of nitrogens with zero attached hydrogens (tertiary/aromatic N) is 3. The zero-order chi connectivity index (χ0) is 26.0. The molecule has 0 aliphatic carbocycles.